The fraction of sp³-hybridized carbons (Fsp3) is 1.00. The lowest BCUT2D eigenvalue weighted by Gasteiger charge is -2.36. The van der Waals surface area contributed by atoms with Gasteiger partial charge in [-0.1, -0.05) is 58.3 Å². The molecule has 1 saturated heterocycles. The van der Waals surface area contributed by atoms with E-state index < -0.39 is 0 Å². The monoisotopic (exact) mass is 292 g/mol. The Kier molecular flexibility index (Phi) is 6.03. The molecular weight excluding hydrogens is 256 g/mol. The predicted molar refractivity (Wildman–Crippen MR) is 89.3 cm³/mol. The summed E-state index contributed by atoms with van der Waals surface area (Å²) in [5.74, 6) is 5.04. The van der Waals surface area contributed by atoms with E-state index in [2.05, 4.69) is 6.92 Å². The molecule has 3 rings (SSSR count). The number of rotatable bonds is 4. The van der Waals surface area contributed by atoms with Crippen LogP contribution < -0.4 is 0 Å². The van der Waals surface area contributed by atoms with Gasteiger partial charge >= 0.3 is 0 Å². The Labute approximate surface area is 132 Å². The summed E-state index contributed by atoms with van der Waals surface area (Å²) in [6.07, 6.45) is 17.9. The molecule has 1 unspecified atom stereocenters. The molecule has 0 bridgehead atoms. The van der Waals surface area contributed by atoms with E-state index >= 15 is 0 Å². The van der Waals surface area contributed by atoms with Crippen molar-refractivity contribution < 1.29 is 4.74 Å². The van der Waals surface area contributed by atoms with Crippen LogP contribution in [0.1, 0.15) is 84.0 Å². The molecule has 0 aromatic carbocycles. The van der Waals surface area contributed by atoms with Crippen LogP contribution in [0.3, 0.4) is 0 Å². The van der Waals surface area contributed by atoms with Gasteiger partial charge in [0, 0.05) is 13.2 Å². The summed E-state index contributed by atoms with van der Waals surface area (Å²) in [6, 6.07) is 0. The Balaban J connectivity index is 1.32. The summed E-state index contributed by atoms with van der Waals surface area (Å²) >= 11 is 0. The Morgan fingerprint density at radius 1 is 0.714 bits per heavy atom. The minimum Gasteiger partial charge on any atom is -0.381 e. The fourth-order valence-electron chi connectivity index (χ4n) is 5.17. The molecule has 3 aliphatic rings. The van der Waals surface area contributed by atoms with Gasteiger partial charge < -0.3 is 4.74 Å². The maximum atomic E-state index is 5.70. The molecule has 0 aromatic rings. The molecule has 0 aromatic heterocycles. The van der Waals surface area contributed by atoms with Gasteiger partial charge in [-0.3, -0.25) is 0 Å². The van der Waals surface area contributed by atoms with E-state index in [1.165, 1.54) is 77.0 Å². The average molecular weight is 293 g/mol. The Morgan fingerprint density at radius 2 is 1.33 bits per heavy atom. The highest BCUT2D eigenvalue weighted by Crippen LogP contribution is 2.40. The minimum atomic E-state index is 0.902. The minimum absolute atomic E-state index is 0.902. The average Bonchev–Trinajstić information content (AvgIpc) is 2.56. The third kappa shape index (κ3) is 4.71. The van der Waals surface area contributed by atoms with Gasteiger partial charge in [-0.05, 0) is 55.3 Å². The smallest absolute Gasteiger partial charge is 0.0496 e. The second kappa shape index (κ2) is 7.99. The Morgan fingerprint density at radius 3 is 1.90 bits per heavy atom. The molecule has 0 spiro atoms. The summed E-state index contributed by atoms with van der Waals surface area (Å²) in [6.45, 7) is 4.52. The first kappa shape index (κ1) is 15.8. The van der Waals surface area contributed by atoms with Gasteiger partial charge in [-0.25, -0.2) is 0 Å². The van der Waals surface area contributed by atoms with Crippen molar-refractivity contribution in [2.75, 3.05) is 13.2 Å². The Bertz CT molecular complexity index is 278. The van der Waals surface area contributed by atoms with E-state index in [0.717, 1.165) is 42.8 Å². The molecule has 1 atom stereocenters. The lowest BCUT2D eigenvalue weighted by atomic mass is 9.72. The van der Waals surface area contributed by atoms with Crippen molar-refractivity contribution in [1.29, 1.82) is 0 Å². The summed E-state index contributed by atoms with van der Waals surface area (Å²) in [5, 5.41) is 0. The van der Waals surface area contributed by atoms with Crippen LogP contribution in [0.25, 0.3) is 0 Å². The van der Waals surface area contributed by atoms with Gasteiger partial charge in [0.1, 0.15) is 0 Å². The topological polar surface area (TPSA) is 9.23 Å². The van der Waals surface area contributed by atoms with E-state index in [1.807, 2.05) is 0 Å². The van der Waals surface area contributed by atoms with Crippen molar-refractivity contribution in [1.82, 2.24) is 0 Å². The first-order chi connectivity index (χ1) is 10.3. The van der Waals surface area contributed by atoms with Crippen LogP contribution in [-0.2, 0) is 4.74 Å². The van der Waals surface area contributed by atoms with Gasteiger partial charge in [0.05, 0.1) is 0 Å². The second-order valence-corrected chi connectivity index (χ2v) is 8.46. The van der Waals surface area contributed by atoms with E-state index in [1.54, 1.807) is 0 Å². The van der Waals surface area contributed by atoms with Gasteiger partial charge in [-0.2, -0.15) is 0 Å². The highest BCUT2D eigenvalue weighted by atomic mass is 16.5. The fourth-order valence-corrected chi connectivity index (χ4v) is 5.17. The SMILES string of the molecule is CC1CCC(CCC2CCC(C3CCCOC3)CC2)CC1. The van der Waals surface area contributed by atoms with Crippen molar-refractivity contribution in [2.45, 2.75) is 84.0 Å². The standard InChI is InChI=1S/C20H36O/c1-16-4-6-17(7-5-16)8-9-18-10-12-19(13-11-18)20-3-2-14-21-15-20/h16-20H,2-15H2,1H3. The molecule has 3 fully saturated rings. The first-order valence-corrected chi connectivity index (χ1v) is 9.89. The third-order valence-corrected chi connectivity index (χ3v) is 6.87. The molecule has 0 amide bonds. The van der Waals surface area contributed by atoms with Crippen LogP contribution in [0.2, 0.25) is 0 Å². The molecule has 122 valence electrons. The molecule has 2 aliphatic carbocycles. The molecule has 0 radical (unpaired) electrons. The maximum absolute atomic E-state index is 5.70. The van der Waals surface area contributed by atoms with Crippen LogP contribution >= 0.6 is 0 Å². The maximum Gasteiger partial charge on any atom is 0.0496 e. The number of ether oxygens (including phenoxy) is 1. The van der Waals surface area contributed by atoms with Gasteiger partial charge in [0.15, 0.2) is 0 Å². The number of hydrogen-bond acceptors (Lipinski definition) is 1. The van der Waals surface area contributed by atoms with E-state index in [9.17, 15) is 0 Å². The largest absolute Gasteiger partial charge is 0.381 e. The van der Waals surface area contributed by atoms with Crippen LogP contribution in [0, 0.1) is 29.6 Å². The summed E-state index contributed by atoms with van der Waals surface area (Å²) < 4.78 is 5.70. The normalized spacial score (nSPS) is 41.9. The predicted octanol–water partition coefficient (Wildman–Crippen LogP) is 5.83. The first-order valence-electron chi connectivity index (χ1n) is 9.89. The van der Waals surface area contributed by atoms with Gasteiger partial charge in [0.25, 0.3) is 0 Å². The molecule has 1 aliphatic heterocycles. The zero-order valence-electron chi connectivity index (χ0n) is 14.2. The molecule has 21 heavy (non-hydrogen) atoms. The quantitative estimate of drug-likeness (QED) is 0.634. The van der Waals surface area contributed by atoms with Gasteiger partial charge in [0.2, 0.25) is 0 Å². The van der Waals surface area contributed by atoms with Crippen molar-refractivity contribution in [3.8, 4) is 0 Å². The zero-order chi connectivity index (χ0) is 14.5. The van der Waals surface area contributed by atoms with Crippen molar-refractivity contribution in [2.24, 2.45) is 29.6 Å². The lowest BCUT2D eigenvalue weighted by Crippen LogP contribution is -2.28. The zero-order valence-corrected chi connectivity index (χ0v) is 14.2. The van der Waals surface area contributed by atoms with E-state index in [0.29, 0.717) is 0 Å². The molecule has 0 N–H and O–H groups in total. The van der Waals surface area contributed by atoms with Crippen LogP contribution in [0.4, 0.5) is 0 Å². The summed E-state index contributed by atoms with van der Waals surface area (Å²) in [7, 11) is 0. The second-order valence-electron chi connectivity index (χ2n) is 8.46. The lowest BCUT2D eigenvalue weighted by molar-refractivity contribution is 0.0177. The molecular formula is C20H36O. The van der Waals surface area contributed by atoms with Crippen LogP contribution in [-0.4, -0.2) is 13.2 Å². The van der Waals surface area contributed by atoms with Crippen molar-refractivity contribution >= 4 is 0 Å². The van der Waals surface area contributed by atoms with Crippen LogP contribution in [0.15, 0.2) is 0 Å². The van der Waals surface area contributed by atoms with Crippen LogP contribution in [0.5, 0.6) is 0 Å². The molecule has 1 heterocycles. The van der Waals surface area contributed by atoms with E-state index in [-0.39, 0.29) is 0 Å². The van der Waals surface area contributed by atoms with Crippen molar-refractivity contribution in [3.63, 3.8) is 0 Å². The molecule has 2 saturated carbocycles. The highest BCUT2D eigenvalue weighted by Gasteiger charge is 2.29. The van der Waals surface area contributed by atoms with E-state index in [4.69, 9.17) is 4.74 Å². The highest BCUT2D eigenvalue weighted by molar-refractivity contribution is 4.80. The van der Waals surface area contributed by atoms with Gasteiger partial charge in [-0.15, -0.1) is 0 Å². The third-order valence-electron chi connectivity index (χ3n) is 6.87. The number of hydrogen-bond donors (Lipinski definition) is 0. The molecule has 1 nitrogen and oxygen atoms in total. The van der Waals surface area contributed by atoms with Crippen molar-refractivity contribution in [3.05, 3.63) is 0 Å². The summed E-state index contributed by atoms with van der Waals surface area (Å²) in [5.41, 5.74) is 0. The Hall–Kier alpha value is -0.0400. The summed E-state index contributed by atoms with van der Waals surface area (Å²) in [4.78, 5) is 0. The molecule has 1 heteroatoms.